The van der Waals surface area contributed by atoms with Crippen molar-refractivity contribution in [1.82, 2.24) is 24.9 Å². The van der Waals surface area contributed by atoms with Gasteiger partial charge in [-0.3, -0.25) is 4.57 Å². The largest absolute Gasteiger partial charge is 0.414 e. The maximum atomic E-state index is 12.8. The summed E-state index contributed by atoms with van der Waals surface area (Å²) < 4.78 is 14.0. The van der Waals surface area contributed by atoms with Gasteiger partial charge in [0.25, 0.3) is 0 Å². The molecule has 188 valence electrons. The Labute approximate surface area is 214 Å². The molecule has 2 fully saturated rings. The zero-order valence-corrected chi connectivity index (χ0v) is 21.8. The lowest BCUT2D eigenvalue weighted by molar-refractivity contribution is 0.151. The minimum Gasteiger partial charge on any atom is -0.391 e. The molecule has 1 N–H and O–H groups in total. The molecule has 1 saturated heterocycles. The Morgan fingerprint density at radius 3 is 2.71 bits per heavy atom. The van der Waals surface area contributed by atoms with Crippen molar-refractivity contribution < 1.29 is 14.1 Å². The summed E-state index contributed by atoms with van der Waals surface area (Å²) >= 11 is 7.52. The van der Waals surface area contributed by atoms with Gasteiger partial charge in [0, 0.05) is 37.2 Å². The highest BCUT2D eigenvalue weighted by atomic mass is 35.5. The summed E-state index contributed by atoms with van der Waals surface area (Å²) in [5.74, 6) is 2.41. The summed E-state index contributed by atoms with van der Waals surface area (Å²) in [6, 6.07) is 6.32. The number of imidazole rings is 1. The fourth-order valence-corrected chi connectivity index (χ4v) is 6.08. The van der Waals surface area contributed by atoms with Crippen LogP contribution in [0.15, 0.2) is 28.9 Å². The van der Waals surface area contributed by atoms with E-state index in [0.717, 1.165) is 55.2 Å². The van der Waals surface area contributed by atoms with E-state index in [4.69, 9.17) is 20.9 Å². The molecule has 5 rings (SSSR count). The van der Waals surface area contributed by atoms with Gasteiger partial charge in [0.1, 0.15) is 11.5 Å². The Hall–Kier alpha value is -2.36. The Balaban J connectivity index is 1.29. The molecule has 0 unspecified atom stereocenters. The number of likely N-dealkylation sites (tertiary alicyclic amines) is 1. The summed E-state index contributed by atoms with van der Waals surface area (Å²) in [6.07, 6.45) is 7.65. The molecule has 0 spiro atoms. The fourth-order valence-electron chi connectivity index (χ4n) is 5.09. The van der Waals surface area contributed by atoms with Crippen molar-refractivity contribution in [2.75, 3.05) is 13.1 Å². The quantitative estimate of drug-likeness (QED) is 0.418. The average molecular weight is 518 g/mol. The number of piperidine rings is 1. The van der Waals surface area contributed by atoms with E-state index in [9.17, 15) is 4.79 Å². The van der Waals surface area contributed by atoms with Gasteiger partial charge >= 0.3 is 6.09 Å². The number of hydrogen-bond acceptors (Lipinski definition) is 7. The summed E-state index contributed by atoms with van der Waals surface area (Å²) in [5, 5.41) is 7.31. The molecule has 3 aromatic heterocycles. The normalized spacial score (nSPS) is 17.9. The van der Waals surface area contributed by atoms with Crippen LogP contribution in [-0.4, -0.2) is 50.9 Å². The Bertz CT molecular complexity index is 1140. The second-order valence-electron chi connectivity index (χ2n) is 9.75. The monoisotopic (exact) mass is 517 g/mol. The summed E-state index contributed by atoms with van der Waals surface area (Å²) in [4.78, 5) is 20.8. The lowest BCUT2D eigenvalue weighted by Gasteiger charge is -2.34. The molecule has 10 heteroatoms. The molecular formula is C25H32ClN5O3S. The number of carbonyl (C=O) groups is 1. The first kappa shape index (κ1) is 24.3. The number of ether oxygens (including phenoxy) is 1. The van der Waals surface area contributed by atoms with Crippen molar-refractivity contribution in [3.63, 3.8) is 0 Å². The van der Waals surface area contributed by atoms with E-state index in [1.807, 2.05) is 22.8 Å². The molecule has 35 heavy (non-hydrogen) atoms. The maximum absolute atomic E-state index is 12.8. The standard InChI is InChI=1S/C25H32ClN5O3S/c1-16(2)30-11-9-18(10-12-30)28-25(32)33-23-14-27-24(17-5-3-4-6-17)31(23)15-19-13-20(34-29-19)21-7-8-22(26)35-21/h7-8,13-14,16-18H,3-6,9-12,15H2,1-2H3,(H,28,32). The van der Waals surface area contributed by atoms with E-state index < -0.39 is 6.09 Å². The lowest BCUT2D eigenvalue weighted by Crippen LogP contribution is -2.47. The Morgan fingerprint density at radius 1 is 1.26 bits per heavy atom. The smallest absolute Gasteiger partial charge is 0.391 e. The second-order valence-corrected chi connectivity index (χ2v) is 11.5. The molecule has 0 atom stereocenters. The number of thiophene rings is 1. The van der Waals surface area contributed by atoms with Crippen LogP contribution in [0.2, 0.25) is 4.34 Å². The Morgan fingerprint density at radius 2 is 2.03 bits per heavy atom. The maximum Gasteiger partial charge on any atom is 0.414 e. The second kappa shape index (κ2) is 10.7. The first-order valence-electron chi connectivity index (χ1n) is 12.5. The number of nitrogens with one attached hydrogen (secondary N) is 1. The van der Waals surface area contributed by atoms with E-state index in [0.29, 0.717) is 34.5 Å². The van der Waals surface area contributed by atoms with Crippen molar-refractivity contribution in [2.45, 2.75) is 76.9 Å². The van der Waals surface area contributed by atoms with Gasteiger partial charge in [0.2, 0.25) is 5.88 Å². The zero-order valence-electron chi connectivity index (χ0n) is 20.2. The predicted molar refractivity (Wildman–Crippen MR) is 136 cm³/mol. The number of nitrogens with zero attached hydrogens (tertiary/aromatic N) is 4. The number of hydrogen-bond donors (Lipinski definition) is 1. The van der Waals surface area contributed by atoms with Crippen LogP contribution in [-0.2, 0) is 6.54 Å². The first-order valence-corrected chi connectivity index (χ1v) is 13.6. The number of aromatic nitrogens is 3. The van der Waals surface area contributed by atoms with Gasteiger partial charge in [-0.25, -0.2) is 9.78 Å². The van der Waals surface area contributed by atoms with Gasteiger partial charge in [-0.15, -0.1) is 11.3 Å². The number of amides is 1. The highest BCUT2D eigenvalue weighted by Gasteiger charge is 2.27. The predicted octanol–water partition coefficient (Wildman–Crippen LogP) is 5.92. The van der Waals surface area contributed by atoms with Crippen molar-refractivity contribution >= 4 is 29.0 Å². The van der Waals surface area contributed by atoms with Crippen LogP contribution in [0.1, 0.15) is 69.8 Å². The van der Waals surface area contributed by atoms with Crippen molar-refractivity contribution in [2.24, 2.45) is 0 Å². The van der Waals surface area contributed by atoms with Crippen LogP contribution < -0.4 is 10.1 Å². The van der Waals surface area contributed by atoms with Crippen molar-refractivity contribution in [1.29, 1.82) is 0 Å². The molecule has 2 aliphatic rings. The van der Waals surface area contributed by atoms with Crippen LogP contribution in [0.4, 0.5) is 4.79 Å². The molecule has 0 bridgehead atoms. The molecule has 1 aliphatic heterocycles. The van der Waals surface area contributed by atoms with Crippen molar-refractivity contribution in [3.05, 3.63) is 40.3 Å². The highest BCUT2D eigenvalue weighted by Crippen LogP contribution is 2.36. The lowest BCUT2D eigenvalue weighted by atomic mass is 10.0. The molecule has 3 aromatic rings. The molecule has 0 aromatic carbocycles. The van der Waals surface area contributed by atoms with Crippen molar-refractivity contribution in [3.8, 4) is 16.5 Å². The minimum absolute atomic E-state index is 0.124. The third-order valence-electron chi connectivity index (χ3n) is 7.04. The van der Waals surface area contributed by atoms with Gasteiger partial charge in [0.05, 0.1) is 22.0 Å². The molecule has 1 amide bonds. The average Bonchev–Trinajstić information content (AvgIpc) is 3.63. The molecule has 4 heterocycles. The number of rotatable bonds is 7. The molecule has 1 aliphatic carbocycles. The first-order chi connectivity index (χ1) is 17.0. The van der Waals surface area contributed by atoms with Gasteiger partial charge in [-0.1, -0.05) is 29.6 Å². The SMILES string of the molecule is CC(C)N1CCC(NC(=O)Oc2cnc(C3CCCC3)n2Cc2cc(-c3ccc(Cl)s3)on2)CC1. The topological polar surface area (TPSA) is 85.4 Å². The summed E-state index contributed by atoms with van der Waals surface area (Å²) in [6.45, 7) is 6.80. The van der Waals surface area contributed by atoms with Crippen LogP contribution in [0.3, 0.4) is 0 Å². The van der Waals surface area contributed by atoms with E-state index in [-0.39, 0.29) is 6.04 Å². The van der Waals surface area contributed by atoms with Gasteiger partial charge in [-0.2, -0.15) is 0 Å². The third-order valence-corrected chi connectivity index (χ3v) is 8.29. The molecule has 0 radical (unpaired) electrons. The van der Waals surface area contributed by atoms with Crippen LogP contribution in [0, 0.1) is 0 Å². The number of carbonyl (C=O) groups excluding carboxylic acids is 1. The van der Waals surface area contributed by atoms with Crippen LogP contribution in [0.25, 0.3) is 10.6 Å². The Kier molecular flexibility index (Phi) is 7.45. The van der Waals surface area contributed by atoms with Crippen LogP contribution in [0.5, 0.6) is 5.88 Å². The highest BCUT2D eigenvalue weighted by molar-refractivity contribution is 7.19. The summed E-state index contributed by atoms with van der Waals surface area (Å²) in [5.41, 5.74) is 0.744. The fraction of sp³-hybridized carbons (Fsp3) is 0.560. The van der Waals surface area contributed by atoms with Gasteiger partial charge in [-0.05, 0) is 51.7 Å². The van der Waals surface area contributed by atoms with E-state index >= 15 is 0 Å². The minimum atomic E-state index is -0.429. The third kappa shape index (κ3) is 5.73. The zero-order chi connectivity index (χ0) is 24.4. The summed E-state index contributed by atoms with van der Waals surface area (Å²) in [7, 11) is 0. The van der Waals surface area contributed by atoms with Gasteiger partial charge in [0.15, 0.2) is 5.76 Å². The molecule has 8 nitrogen and oxygen atoms in total. The molecular weight excluding hydrogens is 486 g/mol. The molecule has 1 saturated carbocycles. The van der Waals surface area contributed by atoms with Crippen LogP contribution >= 0.6 is 22.9 Å². The van der Waals surface area contributed by atoms with E-state index in [1.54, 1.807) is 6.20 Å². The van der Waals surface area contributed by atoms with E-state index in [1.165, 1.54) is 24.2 Å². The number of halogens is 1. The van der Waals surface area contributed by atoms with Gasteiger partial charge < -0.3 is 19.5 Å². The van der Waals surface area contributed by atoms with E-state index in [2.05, 4.69) is 34.2 Å².